The smallest absolute Gasteiger partial charge is 0.344 e. The van der Waals surface area contributed by atoms with Gasteiger partial charge < -0.3 is 19.9 Å². The van der Waals surface area contributed by atoms with Gasteiger partial charge in [-0.3, -0.25) is 0 Å². The van der Waals surface area contributed by atoms with Crippen LogP contribution >= 0.6 is 0 Å². The lowest BCUT2D eigenvalue weighted by atomic mass is 9.83. The van der Waals surface area contributed by atoms with Crippen LogP contribution in [0.2, 0.25) is 0 Å². The molecule has 0 amide bonds. The molecule has 2 N–H and O–H groups in total. The first-order valence-corrected chi connectivity index (χ1v) is 12.2. The lowest BCUT2D eigenvalue weighted by Crippen LogP contribution is -2.21. The van der Waals surface area contributed by atoms with Gasteiger partial charge in [0.2, 0.25) is 5.88 Å². The second kappa shape index (κ2) is 10.5. The lowest BCUT2D eigenvalue weighted by Gasteiger charge is -2.27. The van der Waals surface area contributed by atoms with Crippen molar-refractivity contribution in [2.75, 3.05) is 6.61 Å². The molecule has 1 aliphatic rings. The first-order valence-electron chi connectivity index (χ1n) is 12.2. The van der Waals surface area contributed by atoms with Crippen LogP contribution in [0.5, 0.6) is 17.2 Å². The van der Waals surface area contributed by atoms with Crippen LogP contribution in [0.1, 0.15) is 47.2 Å². The number of hydrogen-bond donors (Lipinski definition) is 1. The molecule has 4 aromatic carbocycles. The Morgan fingerprint density at radius 2 is 1.81 bits per heavy atom. The third kappa shape index (κ3) is 4.85. The molecule has 0 bridgehead atoms. The largest absolute Gasteiger partial charge is 0.494 e. The van der Waals surface area contributed by atoms with Gasteiger partial charge in [-0.05, 0) is 47.0 Å². The fourth-order valence-electron chi connectivity index (χ4n) is 4.53. The average molecular weight is 491 g/mol. The third-order valence-electron chi connectivity index (χ3n) is 6.37. The van der Waals surface area contributed by atoms with Gasteiger partial charge in [-0.2, -0.15) is 5.26 Å². The Balaban J connectivity index is 1.46. The van der Waals surface area contributed by atoms with Crippen molar-refractivity contribution in [1.82, 2.24) is 0 Å². The Morgan fingerprint density at radius 3 is 2.65 bits per heavy atom. The van der Waals surface area contributed by atoms with Crippen molar-refractivity contribution in [3.8, 4) is 23.3 Å². The summed E-state index contributed by atoms with van der Waals surface area (Å²) in [5.74, 6) is 0.598. The van der Waals surface area contributed by atoms with E-state index in [-0.39, 0.29) is 5.88 Å². The van der Waals surface area contributed by atoms with Gasteiger partial charge in [-0.1, -0.05) is 67.9 Å². The van der Waals surface area contributed by atoms with Crippen LogP contribution < -0.4 is 19.9 Å². The molecule has 6 nitrogen and oxygen atoms in total. The van der Waals surface area contributed by atoms with E-state index >= 15 is 0 Å². The Hall–Kier alpha value is -4.76. The summed E-state index contributed by atoms with van der Waals surface area (Å²) in [4.78, 5) is 13.0. The zero-order valence-electron chi connectivity index (χ0n) is 20.4. The van der Waals surface area contributed by atoms with Gasteiger partial charge in [0.05, 0.1) is 18.1 Å². The number of unbranched alkanes of at least 4 members (excludes halogenated alkanes) is 1. The number of nitrogens with zero attached hydrogens (tertiary/aromatic N) is 1. The van der Waals surface area contributed by atoms with Crippen molar-refractivity contribution in [3.05, 3.63) is 113 Å². The highest BCUT2D eigenvalue weighted by molar-refractivity contribution is 6.05. The van der Waals surface area contributed by atoms with Gasteiger partial charge in [0.1, 0.15) is 28.9 Å². The molecule has 1 unspecified atom stereocenters. The number of nitriles is 1. The number of hydrogen-bond acceptors (Lipinski definition) is 6. The van der Waals surface area contributed by atoms with Gasteiger partial charge in [0, 0.05) is 11.6 Å². The first-order chi connectivity index (χ1) is 18.1. The first kappa shape index (κ1) is 24.0. The number of fused-ring (bicyclic) bond motifs is 2. The van der Waals surface area contributed by atoms with E-state index < -0.39 is 11.9 Å². The molecule has 1 atom stereocenters. The monoisotopic (exact) mass is 490 g/mol. The van der Waals surface area contributed by atoms with Crippen LogP contribution in [-0.4, -0.2) is 12.6 Å². The standard InChI is InChI=1S/C31H26N2O4/c1-2-3-16-35-22-11-6-10-21(17-22)29-26-15-14-23(18-28(26)37-30(33)27(29)19-32)36-31(34)25-13-7-9-20-8-4-5-12-24(20)25/h4-15,17-18,29H,2-3,16,33H2,1H3. The molecule has 0 radical (unpaired) electrons. The zero-order valence-corrected chi connectivity index (χ0v) is 20.4. The van der Waals surface area contributed by atoms with Crippen molar-refractivity contribution in [1.29, 1.82) is 5.26 Å². The van der Waals surface area contributed by atoms with E-state index in [2.05, 4.69) is 13.0 Å². The van der Waals surface area contributed by atoms with Gasteiger partial charge in [0.15, 0.2) is 0 Å². The average Bonchev–Trinajstić information content (AvgIpc) is 2.92. The molecule has 1 aliphatic heterocycles. The molecular weight excluding hydrogens is 464 g/mol. The highest BCUT2D eigenvalue weighted by Gasteiger charge is 2.31. The minimum absolute atomic E-state index is 0.0230. The van der Waals surface area contributed by atoms with Gasteiger partial charge in [0.25, 0.3) is 0 Å². The second-order valence-corrected chi connectivity index (χ2v) is 8.82. The van der Waals surface area contributed by atoms with Crippen LogP contribution in [0, 0.1) is 11.3 Å². The Labute approximate surface area is 215 Å². The van der Waals surface area contributed by atoms with E-state index in [1.165, 1.54) is 0 Å². The molecule has 0 aromatic heterocycles. The number of allylic oxidation sites excluding steroid dienone is 1. The van der Waals surface area contributed by atoms with E-state index in [0.717, 1.165) is 40.5 Å². The number of nitrogens with two attached hydrogens (primary N) is 1. The number of benzene rings is 4. The molecule has 6 heteroatoms. The number of esters is 1. The van der Waals surface area contributed by atoms with E-state index in [9.17, 15) is 10.1 Å². The second-order valence-electron chi connectivity index (χ2n) is 8.82. The maximum Gasteiger partial charge on any atom is 0.344 e. The molecule has 184 valence electrons. The number of rotatable bonds is 7. The molecule has 0 aliphatic carbocycles. The topological polar surface area (TPSA) is 94.6 Å². The summed E-state index contributed by atoms with van der Waals surface area (Å²) in [6.07, 6.45) is 2.00. The molecule has 0 fully saturated rings. The zero-order chi connectivity index (χ0) is 25.8. The van der Waals surface area contributed by atoms with Crippen molar-refractivity contribution < 1.29 is 19.0 Å². The number of carbonyl (C=O) groups excluding carboxylic acids is 1. The molecular formula is C31H26N2O4. The third-order valence-corrected chi connectivity index (χ3v) is 6.37. The number of ether oxygens (including phenoxy) is 3. The molecule has 0 saturated carbocycles. The molecule has 1 heterocycles. The highest BCUT2D eigenvalue weighted by atomic mass is 16.5. The van der Waals surface area contributed by atoms with E-state index in [0.29, 0.717) is 29.2 Å². The maximum atomic E-state index is 13.0. The SMILES string of the molecule is CCCCOc1cccc(C2C(C#N)=C(N)Oc3cc(OC(=O)c4cccc5ccccc45)ccc32)c1. The van der Waals surface area contributed by atoms with E-state index in [1.807, 2.05) is 60.7 Å². The normalized spacial score (nSPS) is 14.4. The van der Waals surface area contributed by atoms with Crippen LogP contribution in [0.4, 0.5) is 0 Å². The minimum atomic E-state index is -0.470. The predicted octanol–water partition coefficient (Wildman–Crippen LogP) is 6.46. The van der Waals surface area contributed by atoms with Crippen molar-refractivity contribution in [2.24, 2.45) is 5.73 Å². The van der Waals surface area contributed by atoms with E-state index in [1.54, 1.807) is 24.3 Å². The Morgan fingerprint density at radius 1 is 1.00 bits per heavy atom. The molecule has 4 aromatic rings. The quantitative estimate of drug-likeness (QED) is 0.182. The summed E-state index contributed by atoms with van der Waals surface area (Å²) < 4.78 is 17.4. The molecule has 5 rings (SSSR count). The summed E-state index contributed by atoms with van der Waals surface area (Å²) in [5.41, 5.74) is 8.57. The van der Waals surface area contributed by atoms with Crippen LogP contribution in [-0.2, 0) is 0 Å². The molecule has 0 spiro atoms. The van der Waals surface area contributed by atoms with Crippen LogP contribution in [0.25, 0.3) is 10.8 Å². The number of carbonyl (C=O) groups is 1. The summed E-state index contributed by atoms with van der Waals surface area (Å²) >= 11 is 0. The Bertz CT molecular complexity index is 1550. The minimum Gasteiger partial charge on any atom is -0.494 e. The summed E-state index contributed by atoms with van der Waals surface area (Å²) in [6.45, 7) is 2.73. The highest BCUT2D eigenvalue weighted by Crippen LogP contribution is 2.44. The Kier molecular flexibility index (Phi) is 6.78. The van der Waals surface area contributed by atoms with Crippen molar-refractivity contribution in [3.63, 3.8) is 0 Å². The predicted molar refractivity (Wildman–Crippen MR) is 141 cm³/mol. The van der Waals surface area contributed by atoms with Crippen LogP contribution in [0.3, 0.4) is 0 Å². The van der Waals surface area contributed by atoms with Crippen LogP contribution in [0.15, 0.2) is 96.4 Å². The summed E-state index contributed by atoms with van der Waals surface area (Å²) in [6, 6.07) is 28.2. The van der Waals surface area contributed by atoms with Gasteiger partial charge in [-0.15, -0.1) is 0 Å². The van der Waals surface area contributed by atoms with E-state index in [4.69, 9.17) is 19.9 Å². The van der Waals surface area contributed by atoms with Gasteiger partial charge >= 0.3 is 5.97 Å². The van der Waals surface area contributed by atoms with Gasteiger partial charge in [-0.25, -0.2) is 4.79 Å². The molecule has 0 saturated heterocycles. The molecule has 37 heavy (non-hydrogen) atoms. The summed E-state index contributed by atoms with van der Waals surface area (Å²) in [5, 5.41) is 11.6. The lowest BCUT2D eigenvalue weighted by molar-refractivity contribution is 0.0736. The fourth-order valence-corrected chi connectivity index (χ4v) is 4.53. The summed E-state index contributed by atoms with van der Waals surface area (Å²) in [7, 11) is 0. The fraction of sp³-hybridized carbons (Fsp3) is 0.161. The van der Waals surface area contributed by atoms with Crippen molar-refractivity contribution in [2.45, 2.75) is 25.7 Å². The van der Waals surface area contributed by atoms with Crippen molar-refractivity contribution >= 4 is 16.7 Å². The maximum absolute atomic E-state index is 13.0.